The van der Waals surface area contributed by atoms with Gasteiger partial charge in [-0.3, -0.25) is 29.2 Å². The van der Waals surface area contributed by atoms with Gasteiger partial charge in [0.25, 0.3) is 0 Å². The highest BCUT2D eigenvalue weighted by molar-refractivity contribution is 5.78. The van der Waals surface area contributed by atoms with Crippen LogP contribution in [0.15, 0.2) is 0 Å². The lowest BCUT2D eigenvalue weighted by molar-refractivity contribution is -0.151. The van der Waals surface area contributed by atoms with Gasteiger partial charge in [0.1, 0.15) is 6.79 Å². The first-order valence-corrected chi connectivity index (χ1v) is 33.6. The Bertz CT molecular complexity index is 1650. The van der Waals surface area contributed by atoms with E-state index in [1.165, 1.54) is 0 Å². The van der Waals surface area contributed by atoms with Gasteiger partial charge in [-0.2, -0.15) is 0 Å². The maximum Gasteiger partial charge on any atom is 0.234 e. The average molecular weight is 1230 g/mol. The van der Waals surface area contributed by atoms with E-state index < -0.39 is 0 Å². The van der Waals surface area contributed by atoms with Gasteiger partial charge in [-0.05, 0) is 194 Å². The van der Waals surface area contributed by atoms with Crippen LogP contribution in [-0.2, 0) is 42.7 Å². The molecule has 17 nitrogen and oxygen atoms in total. The summed E-state index contributed by atoms with van der Waals surface area (Å²) in [5, 5.41) is 6.08. The number of hydrogen-bond acceptors (Lipinski definition) is 15. The van der Waals surface area contributed by atoms with Crippen molar-refractivity contribution in [2.24, 2.45) is 16.7 Å². The topological polar surface area (TPSA) is 142 Å². The summed E-state index contributed by atoms with van der Waals surface area (Å²) < 4.78 is 40.4. The summed E-state index contributed by atoms with van der Waals surface area (Å²) in [6.45, 7) is 77.1. The van der Waals surface area contributed by atoms with Crippen LogP contribution in [0.1, 0.15) is 212 Å². The molecule has 0 spiro atoms. The van der Waals surface area contributed by atoms with Crippen LogP contribution in [-0.4, -0.2) is 251 Å². The van der Waals surface area contributed by atoms with Crippen molar-refractivity contribution in [1.82, 2.24) is 40.0 Å². The van der Waals surface area contributed by atoms with Crippen molar-refractivity contribution in [3.05, 3.63) is 0 Å². The molecule has 4 rings (SSSR count). The number of likely N-dealkylation sites (tertiary alicyclic amines) is 2. The molecule has 0 bridgehead atoms. The van der Waals surface area contributed by atoms with Gasteiger partial charge in [0.2, 0.25) is 11.8 Å². The normalized spacial score (nSPS) is 20.5. The van der Waals surface area contributed by atoms with Crippen molar-refractivity contribution in [1.29, 1.82) is 0 Å². The smallest absolute Gasteiger partial charge is 0.234 e. The van der Waals surface area contributed by atoms with Crippen LogP contribution in [0.2, 0.25) is 0 Å². The molecule has 0 radical (unpaired) electrons. The number of nitrogens with one attached hydrogen (secondary N) is 2. The van der Waals surface area contributed by atoms with Crippen molar-refractivity contribution in [2.75, 3.05) is 158 Å². The summed E-state index contributed by atoms with van der Waals surface area (Å²) in [6.07, 6.45) is 5.45. The summed E-state index contributed by atoms with van der Waals surface area (Å²) in [7, 11) is 0. The summed E-state index contributed by atoms with van der Waals surface area (Å²) >= 11 is 0. The second-order valence-electron chi connectivity index (χ2n) is 33.4. The summed E-state index contributed by atoms with van der Waals surface area (Å²) in [5.41, 5.74) is -0.0530. The molecule has 0 saturated carbocycles. The number of ether oxygens (including phenoxy) is 7. The maximum atomic E-state index is 12.0. The number of rotatable bonds is 24. The molecular weight excluding hydrogens is 1080 g/mol. The standard InChI is InChI=1S/C18H38N2O2.C18H36N2O2.C17H35N3O2.C16H33NO3/c1-15-13-19(9-11-21-17(3,4)5)14-16(2)20(15)10-12-22-18(6,7)8;1-17(2,3)14-19-16(21)13-15-7-9-20(10-8-15)11-12-22-18(4,5)6;1-16(2,3)14-18-15(21)13-20-9-7-19(8-10-20)11-12-22-17(4,5)6;1-15(2,3)19-12-11-17-9-7-14(8-10-17)18-13-20-16(4,5)6/h15-16H,9-14H2,1-8H3;15H,7-14H2,1-6H3,(H,19,21);7-14H2,1-6H3,(H,18,21);14H,7-13H2,1-6H3. The summed E-state index contributed by atoms with van der Waals surface area (Å²) in [6, 6.07) is 1.14. The fourth-order valence-corrected chi connectivity index (χ4v) is 9.98. The number of carbonyl (C=O) groups is 2. The van der Waals surface area contributed by atoms with E-state index in [9.17, 15) is 9.59 Å². The lowest BCUT2D eigenvalue weighted by Gasteiger charge is -2.44. The third-order valence-corrected chi connectivity index (χ3v) is 14.8. The van der Waals surface area contributed by atoms with Crippen molar-refractivity contribution in [3.63, 3.8) is 0 Å². The van der Waals surface area contributed by atoms with Crippen molar-refractivity contribution in [3.8, 4) is 0 Å². The fourth-order valence-electron chi connectivity index (χ4n) is 9.98. The van der Waals surface area contributed by atoms with E-state index in [-0.39, 0.29) is 56.3 Å². The Labute approximate surface area is 530 Å². The Hall–Kier alpha value is -1.58. The van der Waals surface area contributed by atoms with Crippen molar-refractivity contribution < 1.29 is 42.7 Å². The van der Waals surface area contributed by atoms with E-state index in [0.717, 1.165) is 170 Å². The zero-order valence-electron chi connectivity index (χ0n) is 61.2. The number of carbonyl (C=O) groups excluding carboxylic acids is 2. The maximum absolute atomic E-state index is 12.0. The van der Waals surface area contributed by atoms with Crippen molar-refractivity contribution >= 4 is 11.8 Å². The number of nitrogens with zero attached hydrogens (tertiary/aromatic N) is 6. The molecule has 4 saturated heterocycles. The second-order valence-corrected chi connectivity index (χ2v) is 33.4. The minimum atomic E-state index is -0.120. The van der Waals surface area contributed by atoms with Crippen LogP contribution in [0.4, 0.5) is 0 Å². The molecule has 0 aromatic rings. The molecule has 0 aliphatic carbocycles. The Morgan fingerprint density at radius 2 is 0.698 bits per heavy atom. The predicted molar refractivity (Wildman–Crippen MR) is 358 cm³/mol. The molecule has 86 heavy (non-hydrogen) atoms. The number of amides is 2. The Morgan fingerprint density at radius 3 is 1.06 bits per heavy atom. The Morgan fingerprint density at radius 1 is 0.384 bits per heavy atom. The molecule has 0 aromatic carbocycles. The van der Waals surface area contributed by atoms with Gasteiger partial charge >= 0.3 is 0 Å². The van der Waals surface area contributed by atoms with Crippen LogP contribution in [0.5, 0.6) is 0 Å². The average Bonchev–Trinajstić information content (AvgIpc) is 2.97. The zero-order chi connectivity index (χ0) is 65.8. The van der Waals surface area contributed by atoms with Gasteiger partial charge < -0.3 is 53.6 Å². The lowest BCUT2D eigenvalue weighted by Crippen LogP contribution is -2.58. The minimum Gasteiger partial charge on any atom is -0.375 e. The van der Waals surface area contributed by atoms with Gasteiger partial charge in [0, 0.05) is 117 Å². The summed E-state index contributed by atoms with van der Waals surface area (Å²) in [5.74, 6) is 0.892. The number of piperazine rings is 2. The van der Waals surface area contributed by atoms with Crippen molar-refractivity contribution in [2.45, 2.75) is 264 Å². The van der Waals surface area contributed by atoms with Crippen LogP contribution in [0, 0.1) is 16.7 Å². The van der Waals surface area contributed by atoms with E-state index in [1.54, 1.807) is 0 Å². The van der Waals surface area contributed by atoms with Gasteiger partial charge in [-0.15, -0.1) is 0 Å². The van der Waals surface area contributed by atoms with E-state index >= 15 is 0 Å². The quantitative estimate of drug-likeness (QED) is 0.0885. The summed E-state index contributed by atoms with van der Waals surface area (Å²) in [4.78, 5) is 38.6. The van der Waals surface area contributed by atoms with E-state index in [0.29, 0.717) is 43.9 Å². The van der Waals surface area contributed by atoms with Gasteiger partial charge in [-0.1, -0.05) is 41.5 Å². The molecule has 4 fully saturated rings. The molecule has 4 heterocycles. The van der Waals surface area contributed by atoms with Crippen LogP contribution in [0.3, 0.4) is 0 Å². The third kappa shape index (κ3) is 48.2. The first kappa shape index (κ1) is 82.4. The Balaban J connectivity index is 0.000000574. The fraction of sp³-hybridized carbons (Fsp3) is 0.971. The molecular formula is C69H142N8O9. The van der Waals surface area contributed by atoms with Crippen LogP contribution in [0.25, 0.3) is 0 Å². The SMILES string of the molecule is CC(C)(C)CNC(=O)CC1CCN(CCOC(C)(C)C)CC1.CC(C)(C)CNC(=O)CN1CCN(CCOC(C)(C)C)CC1.CC(C)(C)OCCN1CCC(OCOC(C)(C)C)CC1.CC1CN(CCOC(C)(C)C)CC(C)N1CCOC(C)(C)C. The molecule has 2 N–H and O–H groups in total. The predicted octanol–water partition coefficient (Wildman–Crippen LogP) is 10.7. The largest absolute Gasteiger partial charge is 0.375 e. The third-order valence-electron chi connectivity index (χ3n) is 14.8. The van der Waals surface area contributed by atoms with E-state index in [4.69, 9.17) is 33.2 Å². The highest BCUT2D eigenvalue weighted by Crippen LogP contribution is 2.23. The molecule has 512 valence electrons. The highest BCUT2D eigenvalue weighted by atomic mass is 16.7. The highest BCUT2D eigenvalue weighted by Gasteiger charge is 2.30. The molecule has 0 aromatic heterocycles. The van der Waals surface area contributed by atoms with E-state index in [2.05, 4.69) is 199 Å². The van der Waals surface area contributed by atoms with Gasteiger partial charge in [0.15, 0.2) is 0 Å². The van der Waals surface area contributed by atoms with Gasteiger partial charge in [-0.25, -0.2) is 0 Å². The Kier molecular flexibility index (Phi) is 37.5. The first-order valence-electron chi connectivity index (χ1n) is 33.6. The number of hydrogen-bond donors (Lipinski definition) is 2. The molecule has 2 atom stereocenters. The monoisotopic (exact) mass is 1230 g/mol. The first-order chi connectivity index (χ1) is 39.2. The second kappa shape index (κ2) is 39.1. The van der Waals surface area contributed by atoms with Gasteiger partial charge in [0.05, 0.1) is 79.3 Å². The molecule has 17 heteroatoms. The van der Waals surface area contributed by atoms with Crippen LogP contribution < -0.4 is 10.6 Å². The minimum absolute atomic E-state index is 0.0360. The molecule has 4 aliphatic rings. The molecule has 2 unspecified atom stereocenters. The zero-order valence-corrected chi connectivity index (χ0v) is 61.2. The lowest BCUT2D eigenvalue weighted by atomic mass is 9.92. The number of piperidine rings is 2. The molecule has 4 aliphatic heterocycles. The van der Waals surface area contributed by atoms with Crippen LogP contribution >= 0.6 is 0 Å². The molecule has 2 amide bonds. The van der Waals surface area contributed by atoms with E-state index in [1.807, 2.05) is 20.8 Å².